The molecule has 1 fully saturated rings. The van der Waals surface area contributed by atoms with E-state index in [0.29, 0.717) is 11.6 Å². The molecule has 3 N–H and O–H groups in total. The maximum Gasteiger partial charge on any atom is 0.407 e. The van der Waals surface area contributed by atoms with Gasteiger partial charge in [-0.15, -0.1) is 0 Å². The molecular formula is C23H28N4O4S. The number of sulfonamides is 1. The number of nitrogens with zero attached hydrogens (tertiary/aromatic N) is 1. The number of fused-ring (bicyclic) bond motifs is 1. The summed E-state index contributed by atoms with van der Waals surface area (Å²) < 4.78 is 33.0. The Morgan fingerprint density at radius 2 is 1.88 bits per heavy atom. The van der Waals surface area contributed by atoms with Gasteiger partial charge < -0.3 is 15.0 Å². The van der Waals surface area contributed by atoms with E-state index in [0.717, 1.165) is 36.1 Å². The number of alkyl carbamates (subject to hydrolysis) is 1. The SMILES string of the molecule is CC(C)(C)OC(=O)N[C@H]1C[C@H](Cc2nc3ccc(NS(=O)(=O)c4ccccc4)cc3[nH]2)C1. The molecule has 0 atom stereocenters. The first-order valence-corrected chi connectivity index (χ1v) is 12.1. The fourth-order valence-corrected chi connectivity index (χ4v) is 4.87. The number of carbonyl (C=O) groups is 1. The van der Waals surface area contributed by atoms with Crippen molar-refractivity contribution in [3.05, 3.63) is 54.4 Å². The van der Waals surface area contributed by atoms with Crippen LogP contribution in [0.3, 0.4) is 0 Å². The molecule has 0 spiro atoms. The number of ether oxygens (including phenoxy) is 1. The van der Waals surface area contributed by atoms with Gasteiger partial charge in [0.2, 0.25) is 0 Å². The van der Waals surface area contributed by atoms with Gasteiger partial charge in [0.1, 0.15) is 11.4 Å². The van der Waals surface area contributed by atoms with Gasteiger partial charge in [-0.05, 0) is 69.9 Å². The minimum Gasteiger partial charge on any atom is -0.444 e. The average molecular weight is 457 g/mol. The molecule has 2 aromatic carbocycles. The van der Waals surface area contributed by atoms with Gasteiger partial charge in [-0.25, -0.2) is 18.2 Å². The van der Waals surface area contributed by atoms with Gasteiger partial charge in [0.15, 0.2) is 0 Å². The maximum atomic E-state index is 12.5. The average Bonchev–Trinajstić information content (AvgIpc) is 3.07. The molecule has 0 saturated heterocycles. The smallest absolute Gasteiger partial charge is 0.407 e. The fourth-order valence-electron chi connectivity index (χ4n) is 3.80. The normalized spacial score (nSPS) is 18.7. The molecule has 170 valence electrons. The predicted octanol–water partition coefficient (Wildman–Crippen LogP) is 4.21. The number of nitrogens with one attached hydrogen (secondary N) is 3. The number of aromatic nitrogens is 2. The van der Waals surface area contributed by atoms with Gasteiger partial charge in [0.05, 0.1) is 21.6 Å². The summed E-state index contributed by atoms with van der Waals surface area (Å²) in [4.78, 5) is 20.0. The third kappa shape index (κ3) is 5.40. The largest absolute Gasteiger partial charge is 0.444 e. The van der Waals surface area contributed by atoms with Crippen LogP contribution in [0, 0.1) is 5.92 Å². The van der Waals surface area contributed by atoms with E-state index < -0.39 is 15.6 Å². The third-order valence-corrected chi connectivity index (χ3v) is 6.67. The minimum absolute atomic E-state index is 0.123. The Balaban J connectivity index is 1.35. The van der Waals surface area contributed by atoms with E-state index in [4.69, 9.17) is 4.74 Å². The first-order chi connectivity index (χ1) is 15.1. The zero-order valence-electron chi connectivity index (χ0n) is 18.4. The van der Waals surface area contributed by atoms with E-state index >= 15 is 0 Å². The third-order valence-electron chi connectivity index (χ3n) is 5.28. The number of rotatable bonds is 6. The van der Waals surface area contributed by atoms with Crippen molar-refractivity contribution in [3.8, 4) is 0 Å². The molecule has 1 heterocycles. The zero-order valence-corrected chi connectivity index (χ0v) is 19.2. The molecule has 8 nitrogen and oxygen atoms in total. The van der Waals surface area contributed by atoms with Crippen LogP contribution in [0.1, 0.15) is 39.4 Å². The Morgan fingerprint density at radius 3 is 2.56 bits per heavy atom. The van der Waals surface area contributed by atoms with Crippen molar-refractivity contribution in [2.24, 2.45) is 5.92 Å². The second kappa shape index (κ2) is 8.46. The Hall–Kier alpha value is -3.07. The number of hydrogen-bond donors (Lipinski definition) is 3. The topological polar surface area (TPSA) is 113 Å². The van der Waals surface area contributed by atoms with Gasteiger partial charge >= 0.3 is 6.09 Å². The number of hydrogen-bond acceptors (Lipinski definition) is 5. The summed E-state index contributed by atoms with van der Waals surface area (Å²) in [7, 11) is -3.65. The van der Waals surface area contributed by atoms with Crippen molar-refractivity contribution in [1.29, 1.82) is 0 Å². The standard InChI is InChI=1S/C23H28N4O4S/c1-23(2,3)31-22(28)24-17-11-15(12-17)13-21-25-19-10-9-16(14-20(19)26-21)27-32(29,30)18-7-5-4-6-8-18/h4-10,14-15,17,27H,11-13H2,1-3H3,(H,24,28)(H,25,26)/t15-,17-. The number of benzene rings is 2. The molecule has 32 heavy (non-hydrogen) atoms. The molecule has 3 aromatic rings. The number of imidazole rings is 1. The van der Waals surface area contributed by atoms with Crippen LogP contribution in [-0.2, 0) is 21.2 Å². The van der Waals surface area contributed by atoms with E-state index in [-0.39, 0.29) is 17.0 Å². The molecule has 1 aliphatic carbocycles. The molecule has 0 aliphatic heterocycles. The van der Waals surface area contributed by atoms with Gasteiger partial charge in [-0.1, -0.05) is 18.2 Å². The van der Waals surface area contributed by atoms with Crippen molar-refractivity contribution in [3.63, 3.8) is 0 Å². The highest BCUT2D eigenvalue weighted by atomic mass is 32.2. The number of H-pyrrole nitrogens is 1. The van der Waals surface area contributed by atoms with E-state index in [1.165, 1.54) is 0 Å². The summed E-state index contributed by atoms with van der Waals surface area (Å²) in [5.74, 6) is 1.27. The Morgan fingerprint density at radius 1 is 1.16 bits per heavy atom. The van der Waals surface area contributed by atoms with E-state index in [9.17, 15) is 13.2 Å². The van der Waals surface area contributed by atoms with Crippen LogP contribution in [0.25, 0.3) is 11.0 Å². The fraction of sp³-hybridized carbons (Fsp3) is 0.391. The molecule has 1 aromatic heterocycles. The molecule has 1 amide bonds. The highest BCUT2D eigenvalue weighted by molar-refractivity contribution is 7.92. The Labute approximate surface area is 187 Å². The lowest BCUT2D eigenvalue weighted by Crippen LogP contribution is -2.46. The lowest BCUT2D eigenvalue weighted by atomic mass is 9.78. The van der Waals surface area contributed by atoms with Crippen LogP contribution >= 0.6 is 0 Å². The monoisotopic (exact) mass is 456 g/mol. The van der Waals surface area contributed by atoms with Crippen molar-refractivity contribution in [2.45, 2.75) is 56.6 Å². The molecular weight excluding hydrogens is 428 g/mol. The van der Waals surface area contributed by atoms with Crippen LogP contribution in [0.2, 0.25) is 0 Å². The minimum atomic E-state index is -3.65. The zero-order chi connectivity index (χ0) is 22.9. The van der Waals surface area contributed by atoms with Crippen LogP contribution in [0.4, 0.5) is 10.5 Å². The van der Waals surface area contributed by atoms with Gasteiger partial charge in [-0.3, -0.25) is 4.72 Å². The summed E-state index contributed by atoms with van der Waals surface area (Å²) in [6.07, 6.45) is 2.14. The highest BCUT2D eigenvalue weighted by Crippen LogP contribution is 2.31. The number of amides is 1. The summed E-state index contributed by atoms with van der Waals surface area (Å²) in [6.45, 7) is 5.53. The van der Waals surface area contributed by atoms with Gasteiger partial charge in [-0.2, -0.15) is 0 Å². The Kier molecular flexibility index (Phi) is 5.85. The van der Waals surface area contributed by atoms with Crippen LogP contribution in [-0.4, -0.2) is 36.1 Å². The first kappa shape index (κ1) is 22.1. The van der Waals surface area contributed by atoms with Crippen molar-refractivity contribution in [2.75, 3.05) is 4.72 Å². The van der Waals surface area contributed by atoms with Crippen LogP contribution in [0.5, 0.6) is 0 Å². The lowest BCUT2D eigenvalue weighted by molar-refractivity contribution is 0.0452. The summed E-state index contributed by atoms with van der Waals surface area (Å²) in [6, 6.07) is 13.6. The first-order valence-electron chi connectivity index (χ1n) is 10.6. The Bertz CT molecular complexity index is 1210. The van der Waals surface area contributed by atoms with Crippen molar-refractivity contribution >= 4 is 32.8 Å². The molecule has 4 rings (SSSR count). The number of carbonyl (C=O) groups excluding carboxylic acids is 1. The van der Waals surface area contributed by atoms with E-state index in [2.05, 4.69) is 20.0 Å². The number of aromatic amines is 1. The molecule has 1 aliphatic rings. The molecule has 9 heteroatoms. The second-order valence-corrected chi connectivity index (χ2v) is 10.9. The second-order valence-electron chi connectivity index (χ2n) is 9.22. The van der Waals surface area contributed by atoms with Crippen molar-refractivity contribution < 1.29 is 17.9 Å². The number of anilines is 1. The van der Waals surface area contributed by atoms with Crippen LogP contribution < -0.4 is 10.0 Å². The quantitative estimate of drug-likeness (QED) is 0.514. The molecule has 0 unspecified atom stereocenters. The van der Waals surface area contributed by atoms with Crippen LogP contribution in [0.15, 0.2) is 53.4 Å². The summed E-state index contributed by atoms with van der Waals surface area (Å²) in [5, 5.41) is 2.90. The van der Waals surface area contributed by atoms with Gasteiger partial charge in [0.25, 0.3) is 10.0 Å². The lowest BCUT2D eigenvalue weighted by Gasteiger charge is -2.35. The summed E-state index contributed by atoms with van der Waals surface area (Å²) in [5.41, 5.74) is 1.53. The van der Waals surface area contributed by atoms with Gasteiger partial charge in [0, 0.05) is 12.5 Å². The maximum absolute atomic E-state index is 12.5. The highest BCUT2D eigenvalue weighted by Gasteiger charge is 2.32. The summed E-state index contributed by atoms with van der Waals surface area (Å²) >= 11 is 0. The molecule has 0 bridgehead atoms. The molecule has 0 radical (unpaired) electrons. The van der Waals surface area contributed by atoms with E-state index in [1.807, 2.05) is 20.8 Å². The molecule has 1 saturated carbocycles. The predicted molar refractivity (Wildman–Crippen MR) is 123 cm³/mol. The van der Waals surface area contributed by atoms with E-state index in [1.54, 1.807) is 48.5 Å². The van der Waals surface area contributed by atoms with Crippen molar-refractivity contribution in [1.82, 2.24) is 15.3 Å².